The number of alkyl halides is 1. The summed E-state index contributed by atoms with van der Waals surface area (Å²) in [6.07, 6.45) is 0.714. The van der Waals surface area contributed by atoms with Crippen molar-refractivity contribution in [3.05, 3.63) is 71.0 Å². The molecule has 2 aromatic rings. The third-order valence-electron chi connectivity index (χ3n) is 2.75. The van der Waals surface area contributed by atoms with E-state index in [9.17, 15) is 4.39 Å². The van der Waals surface area contributed by atoms with Crippen molar-refractivity contribution < 1.29 is 4.39 Å². The third-order valence-corrected chi connectivity index (χ3v) is 3.15. The minimum atomic E-state index is -0.239. The molecule has 88 valence electrons. The summed E-state index contributed by atoms with van der Waals surface area (Å²) in [7, 11) is 0. The number of hydrogen-bond donors (Lipinski definition) is 0. The first-order valence-electron chi connectivity index (χ1n) is 5.60. The molecule has 0 aliphatic heterocycles. The summed E-state index contributed by atoms with van der Waals surface area (Å²) in [5.41, 5.74) is 3.22. The zero-order chi connectivity index (χ0) is 12.3. The largest absolute Gasteiger partial charge is 0.207 e. The van der Waals surface area contributed by atoms with E-state index < -0.39 is 0 Å². The molecule has 1 unspecified atom stereocenters. The first-order chi connectivity index (χ1) is 8.15. The number of hydrogen-bond acceptors (Lipinski definition) is 0. The van der Waals surface area contributed by atoms with Crippen molar-refractivity contribution in [2.45, 2.75) is 18.7 Å². The molecule has 0 radical (unpaired) electrons. The van der Waals surface area contributed by atoms with Crippen molar-refractivity contribution in [2.75, 3.05) is 0 Å². The molecule has 1 atom stereocenters. The zero-order valence-corrected chi connectivity index (χ0v) is 10.4. The van der Waals surface area contributed by atoms with Crippen LogP contribution in [0.4, 0.5) is 4.39 Å². The second-order valence-electron chi connectivity index (χ2n) is 4.21. The molecule has 0 N–H and O–H groups in total. The fraction of sp³-hybridized carbons (Fsp3) is 0.200. The number of benzene rings is 2. The van der Waals surface area contributed by atoms with Gasteiger partial charge in [0.1, 0.15) is 5.82 Å². The van der Waals surface area contributed by atoms with Gasteiger partial charge in [-0.1, -0.05) is 42.0 Å². The van der Waals surface area contributed by atoms with E-state index in [4.69, 9.17) is 11.6 Å². The topological polar surface area (TPSA) is 0 Å². The van der Waals surface area contributed by atoms with Gasteiger partial charge in [0.05, 0.1) is 5.38 Å². The second kappa shape index (κ2) is 5.33. The van der Waals surface area contributed by atoms with Crippen molar-refractivity contribution in [2.24, 2.45) is 0 Å². The van der Waals surface area contributed by atoms with Crippen LogP contribution in [-0.4, -0.2) is 0 Å². The maximum absolute atomic E-state index is 13.1. The van der Waals surface area contributed by atoms with E-state index in [0.717, 1.165) is 5.56 Å². The molecule has 2 rings (SSSR count). The van der Waals surface area contributed by atoms with Gasteiger partial charge in [-0.2, -0.15) is 0 Å². The van der Waals surface area contributed by atoms with Gasteiger partial charge in [-0.25, -0.2) is 4.39 Å². The lowest BCUT2D eigenvalue weighted by Crippen LogP contribution is -1.96. The minimum Gasteiger partial charge on any atom is -0.207 e. The average molecular weight is 249 g/mol. The zero-order valence-electron chi connectivity index (χ0n) is 9.66. The van der Waals surface area contributed by atoms with Gasteiger partial charge in [0.25, 0.3) is 0 Å². The van der Waals surface area contributed by atoms with Gasteiger partial charge >= 0.3 is 0 Å². The highest BCUT2D eigenvalue weighted by Crippen LogP contribution is 2.25. The summed E-state index contributed by atoms with van der Waals surface area (Å²) >= 11 is 6.29. The van der Waals surface area contributed by atoms with E-state index in [-0.39, 0.29) is 11.2 Å². The summed E-state index contributed by atoms with van der Waals surface area (Å²) in [6, 6.07) is 14.7. The van der Waals surface area contributed by atoms with Crippen molar-refractivity contribution in [1.29, 1.82) is 0 Å². The van der Waals surface area contributed by atoms with Crippen LogP contribution in [0.15, 0.2) is 48.5 Å². The van der Waals surface area contributed by atoms with Crippen molar-refractivity contribution in [1.82, 2.24) is 0 Å². The SMILES string of the molecule is Cc1ccc(CC(Cl)c2cccc(F)c2)cc1. The van der Waals surface area contributed by atoms with Crippen LogP contribution in [0.1, 0.15) is 22.1 Å². The van der Waals surface area contributed by atoms with Gasteiger partial charge in [0, 0.05) is 0 Å². The Labute approximate surface area is 106 Å². The monoisotopic (exact) mass is 248 g/mol. The molecule has 0 aromatic heterocycles. The molecule has 0 aliphatic rings. The Morgan fingerprint density at radius 2 is 1.82 bits per heavy atom. The first-order valence-corrected chi connectivity index (χ1v) is 6.04. The Hall–Kier alpha value is -1.34. The van der Waals surface area contributed by atoms with Gasteiger partial charge in [0.2, 0.25) is 0 Å². The van der Waals surface area contributed by atoms with Gasteiger partial charge in [-0.15, -0.1) is 11.6 Å². The second-order valence-corrected chi connectivity index (χ2v) is 4.74. The van der Waals surface area contributed by atoms with Gasteiger partial charge in [-0.05, 0) is 36.6 Å². The molecular formula is C15H14ClF. The maximum atomic E-state index is 13.1. The lowest BCUT2D eigenvalue weighted by atomic mass is 10.0. The molecule has 0 aliphatic carbocycles. The highest BCUT2D eigenvalue weighted by Gasteiger charge is 2.09. The van der Waals surface area contributed by atoms with Crippen molar-refractivity contribution in [3.8, 4) is 0 Å². The van der Waals surface area contributed by atoms with Crippen LogP contribution in [0.25, 0.3) is 0 Å². The highest BCUT2D eigenvalue weighted by atomic mass is 35.5. The Balaban J connectivity index is 2.11. The van der Waals surface area contributed by atoms with Crippen molar-refractivity contribution >= 4 is 11.6 Å². The van der Waals surface area contributed by atoms with E-state index in [1.165, 1.54) is 23.3 Å². The summed E-state index contributed by atoms with van der Waals surface area (Å²) in [5.74, 6) is -0.239. The van der Waals surface area contributed by atoms with E-state index >= 15 is 0 Å². The molecule has 2 aromatic carbocycles. The highest BCUT2D eigenvalue weighted by molar-refractivity contribution is 6.20. The summed E-state index contributed by atoms with van der Waals surface area (Å²) in [5, 5.41) is -0.187. The van der Waals surface area contributed by atoms with E-state index in [1.807, 2.05) is 6.07 Å². The van der Waals surface area contributed by atoms with Gasteiger partial charge in [-0.3, -0.25) is 0 Å². The Morgan fingerprint density at radius 3 is 2.47 bits per heavy atom. The molecule has 0 nitrogen and oxygen atoms in total. The maximum Gasteiger partial charge on any atom is 0.123 e. The molecular weight excluding hydrogens is 235 g/mol. The van der Waals surface area contributed by atoms with E-state index in [0.29, 0.717) is 6.42 Å². The van der Waals surface area contributed by atoms with E-state index in [2.05, 4.69) is 31.2 Å². The first kappa shape index (κ1) is 12.1. The molecule has 0 heterocycles. The molecule has 0 bridgehead atoms. The lowest BCUT2D eigenvalue weighted by Gasteiger charge is -2.10. The molecule has 0 spiro atoms. The normalized spacial score (nSPS) is 12.4. The predicted octanol–water partition coefficient (Wildman–Crippen LogP) is 4.66. The Bertz CT molecular complexity index is 491. The molecule has 0 saturated heterocycles. The fourth-order valence-electron chi connectivity index (χ4n) is 1.75. The summed E-state index contributed by atoms with van der Waals surface area (Å²) in [4.78, 5) is 0. The van der Waals surface area contributed by atoms with Crippen LogP contribution in [0.5, 0.6) is 0 Å². The molecule has 2 heteroatoms. The predicted molar refractivity (Wildman–Crippen MR) is 69.9 cm³/mol. The third kappa shape index (κ3) is 3.31. The van der Waals surface area contributed by atoms with E-state index in [1.54, 1.807) is 6.07 Å². The smallest absolute Gasteiger partial charge is 0.123 e. The number of rotatable bonds is 3. The van der Waals surface area contributed by atoms with Crippen LogP contribution >= 0.6 is 11.6 Å². The number of halogens is 2. The van der Waals surface area contributed by atoms with Gasteiger partial charge in [0.15, 0.2) is 0 Å². The average Bonchev–Trinajstić information content (AvgIpc) is 2.32. The van der Waals surface area contributed by atoms with Crippen LogP contribution in [-0.2, 0) is 6.42 Å². The Kier molecular flexibility index (Phi) is 3.80. The minimum absolute atomic E-state index is 0.187. The molecule has 0 fully saturated rings. The van der Waals surface area contributed by atoms with Crippen molar-refractivity contribution in [3.63, 3.8) is 0 Å². The summed E-state index contributed by atoms with van der Waals surface area (Å²) < 4.78 is 13.1. The molecule has 0 amide bonds. The lowest BCUT2D eigenvalue weighted by molar-refractivity contribution is 0.624. The standard InChI is InChI=1S/C15H14ClF/c1-11-5-7-12(8-6-11)9-15(16)13-3-2-4-14(17)10-13/h2-8,10,15H,9H2,1H3. The fourth-order valence-corrected chi connectivity index (χ4v) is 2.06. The molecule has 0 saturated carbocycles. The van der Waals surface area contributed by atoms with Gasteiger partial charge < -0.3 is 0 Å². The molecule has 17 heavy (non-hydrogen) atoms. The quantitative estimate of drug-likeness (QED) is 0.694. The van der Waals surface area contributed by atoms with Crippen LogP contribution in [0.3, 0.4) is 0 Å². The van der Waals surface area contributed by atoms with Crippen LogP contribution in [0.2, 0.25) is 0 Å². The number of aryl methyl sites for hydroxylation is 1. The van der Waals surface area contributed by atoms with Crippen LogP contribution in [0, 0.1) is 12.7 Å². The Morgan fingerprint density at radius 1 is 1.12 bits per heavy atom. The van der Waals surface area contributed by atoms with Crippen LogP contribution < -0.4 is 0 Å². The summed E-state index contributed by atoms with van der Waals surface area (Å²) in [6.45, 7) is 2.05.